The molecule has 1 saturated heterocycles. The van der Waals surface area contributed by atoms with E-state index in [2.05, 4.69) is 13.8 Å². The molecule has 1 rings (SSSR count). The molecule has 0 spiro atoms. The van der Waals surface area contributed by atoms with E-state index >= 15 is 0 Å². The molecule has 1 heterocycles. The van der Waals surface area contributed by atoms with Gasteiger partial charge in [0.15, 0.2) is 0 Å². The van der Waals surface area contributed by atoms with Gasteiger partial charge in [0.25, 0.3) is 0 Å². The van der Waals surface area contributed by atoms with Gasteiger partial charge in [-0.25, -0.2) is 0 Å². The van der Waals surface area contributed by atoms with Gasteiger partial charge in [-0.3, -0.25) is 0 Å². The highest BCUT2D eigenvalue weighted by Crippen LogP contribution is 2.17. The van der Waals surface area contributed by atoms with E-state index in [9.17, 15) is 0 Å². The molecule has 102 valence electrons. The van der Waals surface area contributed by atoms with Gasteiger partial charge < -0.3 is 9.47 Å². The molecule has 2 nitrogen and oxygen atoms in total. The Kier molecular flexibility index (Phi) is 8.72. The van der Waals surface area contributed by atoms with Gasteiger partial charge in [0.05, 0.1) is 25.4 Å². The predicted octanol–water partition coefficient (Wildman–Crippen LogP) is 4.32. The van der Waals surface area contributed by atoms with E-state index in [0.29, 0.717) is 12.2 Å². The van der Waals surface area contributed by atoms with Crippen molar-refractivity contribution in [3.05, 3.63) is 0 Å². The van der Waals surface area contributed by atoms with Crippen LogP contribution in [0.3, 0.4) is 0 Å². The van der Waals surface area contributed by atoms with Gasteiger partial charge in [-0.2, -0.15) is 0 Å². The first-order chi connectivity index (χ1) is 8.33. The number of ether oxygens (including phenoxy) is 2. The molecule has 1 fully saturated rings. The van der Waals surface area contributed by atoms with Crippen LogP contribution in [0.2, 0.25) is 0 Å². The molecule has 17 heavy (non-hydrogen) atoms. The third kappa shape index (κ3) is 7.77. The fourth-order valence-corrected chi connectivity index (χ4v) is 2.50. The smallest absolute Gasteiger partial charge is 0.0704 e. The Hall–Kier alpha value is -0.0800. The van der Waals surface area contributed by atoms with Crippen molar-refractivity contribution in [2.75, 3.05) is 13.2 Å². The van der Waals surface area contributed by atoms with Crippen molar-refractivity contribution in [2.45, 2.75) is 83.8 Å². The van der Waals surface area contributed by atoms with Crippen molar-refractivity contribution in [2.24, 2.45) is 0 Å². The maximum atomic E-state index is 5.79. The van der Waals surface area contributed by atoms with Crippen molar-refractivity contribution in [1.82, 2.24) is 0 Å². The van der Waals surface area contributed by atoms with Crippen molar-refractivity contribution >= 4 is 0 Å². The summed E-state index contributed by atoms with van der Waals surface area (Å²) in [4.78, 5) is 0. The summed E-state index contributed by atoms with van der Waals surface area (Å²) in [6.45, 7) is 5.99. The zero-order valence-electron chi connectivity index (χ0n) is 11.7. The second-order valence-electron chi connectivity index (χ2n) is 5.32. The lowest BCUT2D eigenvalue weighted by Gasteiger charge is -2.16. The minimum absolute atomic E-state index is 0.382. The third-order valence-electron chi connectivity index (χ3n) is 3.56. The normalized spacial score (nSPS) is 25.8. The number of rotatable bonds is 8. The summed E-state index contributed by atoms with van der Waals surface area (Å²) in [6.07, 6.45) is 12.8. The molecule has 0 aliphatic carbocycles. The van der Waals surface area contributed by atoms with Crippen LogP contribution < -0.4 is 0 Å². The van der Waals surface area contributed by atoms with Gasteiger partial charge in [-0.1, -0.05) is 51.9 Å². The fourth-order valence-electron chi connectivity index (χ4n) is 2.50. The van der Waals surface area contributed by atoms with Crippen LogP contribution in [0.5, 0.6) is 0 Å². The summed E-state index contributed by atoms with van der Waals surface area (Å²) >= 11 is 0. The summed E-state index contributed by atoms with van der Waals surface area (Å²) in [6, 6.07) is 0. The largest absolute Gasteiger partial charge is 0.376 e. The second-order valence-corrected chi connectivity index (χ2v) is 5.32. The van der Waals surface area contributed by atoms with E-state index in [-0.39, 0.29) is 0 Å². The van der Waals surface area contributed by atoms with Gasteiger partial charge in [0.1, 0.15) is 0 Å². The summed E-state index contributed by atoms with van der Waals surface area (Å²) < 4.78 is 11.4. The topological polar surface area (TPSA) is 18.5 Å². The van der Waals surface area contributed by atoms with Crippen molar-refractivity contribution in [3.63, 3.8) is 0 Å². The van der Waals surface area contributed by atoms with Crippen LogP contribution >= 0.6 is 0 Å². The summed E-state index contributed by atoms with van der Waals surface area (Å²) in [5.74, 6) is 0. The molecule has 0 bridgehead atoms. The zero-order chi connectivity index (χ0) is 12.3. The molecule has 0 aromatic heterocycles. The Balaban J connectivity index is 1.94. The highest BCUT2D eigenvalue weighted by atomic mass is 16.5. The second kappa shape index (κ2) is 9.90. The summed E-state index contributed by atoms with van der Waals surface area (Å²) in [7, 11) is 0. The van der Waals surface area contributed by atoms with Gasteiger partial charge in [0.2, 0.25) is 0 Å². The van der Waals surface area contributed by atoms with E-state index in [0.717, 1.165) is 19.6 Å². The van der Waals surface area contributed by atoms with Crippen molar-refractivity contribution in [1.29, 1.82) is 0 Å². The first-order valence-corrected chi connectivity index (χ1v) is 7.56. The lowest BCUT2D eigenvalue weighted by molar-refractivity contribution is 0.0457. The summed E-state index contributed by atoms with van der Waals surface area (Å²) in [5, 5.41) is 0. The molecule has 0 radical (unpaired) electrons. The molecule has 1 aliphatic rings. The number of unbranched alkanes of at least 4 members (excludes halogenated alkanes) is 6. The molecule has 0 aromatic carbocycles. The van der Waals surface area contributed by atoms with E-state index < -0.39 is 0 Å². The number of hydrogen-bond acceptors (Lipinski definition) is 2. The fraction of sp³-hybridized carbons (Fsp3) is 1.00. The van der Waals surface area contributed by atoms with E-state index in [1.54, 1.807) is 0 Å². The lowest BCUT2D eigenvalue weighted by atomic mass is 10.0. The van der Waals surface area contributed by atoms with E-state index in [4.69, 9.17) is 9.47 Å². The van der Waals surface area contributed by atoms with Gasteiger partial charge in [-0.05, 0) is 19.8 Å². The zero-order valence-corrected chi connectivity index (χ0v) is 11.7. The Morgan fingerprint density at radius 2 is 1.53 bits per heavy atom. The summed E-state index contributed by atoms with van der Waals surface area (Å²) in [5.41, 5.74) is 0. The lowest BCUT2D eigenvalue weighted by Crippen LogP contribution is -2.16. The monoisotopic (exact) mass is 242 g/mol. The maximum absolute atomic E-state index is 5.79. The van der Waals surface area contributed by atoms with Crippen LogP contribution in [0.4, 0.5) is 0 Å². The molecule has 1 aliphatic heterocycles. The molecular weight excluding hydrogens is 212 g/mol. The first kappa shape index (κ1) is 15.0. The Morgan fingerprint density at radius 1 is 0.882 bits per heavy atom. The van der Waals surface area contributed by atoms with Crippen LogP contribution in [0, 0.1) is 0 Å². The minimum Gasteiger partial charge on any atom is -0.376 e. The molecule has 0 amide bonds. The van der Waals surface area contributed by atoms with Gasteiger partial charge >= 0.3 is 0 Å². The molecule has 2 heteroatoms. The first-order valence-electron chi connectivity index (χ1n) is 7.56. The van der Waals surface area contributed by atoms with Crippen LogP contribution in [0.25, 0.3) is 0 Å². The molecule has 2 atom stereocenters. The van der Waals surface area contributed by atoms with E-state index in [1.807, 2.05) is 0 Å². The molecule has 0 saturated carbocycles. The Morgan fingerprint density at radius 3 is 2.29 bits per heavy atom. The highest BCUT2D eigenvalue weighted by molar-refractivity contribution is 4.66. The van der Waals surface area contributed by atoms with Crippen molar-refractivity contribution in [3.8, 4) is 0 Å². The van der Waals surface area contributed by atoms with Crippen LogP contribution in [-0.2, 0) is 9.47 Å². The van der Waals surface area contributed by atoms with Gasteiger partial charge in [-0.15, -0.1) is 0 Å². The Bertz CT molecular complexity index is 170. The Labute approximate surface area is 107 Å². The van der Waals surface area contributed by atoms with Gasteiger partial charge in [0, 0.05) is 0 Å². The highest BCUT2D eigenvalue weighted by Gasteiger charge is 2.17. The average Bonchev–Trinajstić information content (AvgIpc) is 2.52. The quantitative estimate of drug-likeness (QED) is 0.590. The van der Waals surface area contributed by atoms with E-state index in [1.165, 1.54) is 51.4 Å². The molecule has 0 aromatic rings. The predicted molar refractivity (Wildman–Crippen MR) is 72.4 cm³/mol. The number of hydrogen-bond donors (Lipinski definition) is 0. The third-order valence-corrected chi connectivity index (χ3v) is 3.56. The maximum Gasteiger partial charge on any atom is 0.0704 e. The van der Waals surface area contributed by atoms with Crippen LogP contribution in [0.15, 0.2) is 0 Å². The van der Waals surface area contributed by atoms with Crippen LogP contribution in [-0.4, -0.2) is 25.4 Å². The standard InChI is InChI=1S/C15H30O2/c1-3-4-5-6-7-8-9-10-15-13-14(2)16-11-12-17-15/h14-15H,3-13H2,1-2H3. The average molecular weight is 242 g/mol. The minimum atomic E-state index is 0.382. The molecule has 0 N–H and O–H groups in total. The molecule has 2 unspecified atom stereocenters. The van der Waals surface area contributed by atoms with Crippen LogP contribution in [0.1, 0.15) is 71.6 Å². The molecular formula is C15H30O2. The SMILES string of the molecule is CCCCCCCCCC1CC(C)OCCO1. The van der Waals surface area contributed by atoms with Crippen molar-refractivity contribution < 1.29 is 9.47 Å².